The van der Waals surface area contributed by atoms with E-state index in [1.54, 1.807) is 13.0 Å². The highest BCUT2D eigenvalue weighted by atomic mass is 16.4. The van der Waals surface area contributed by atoms with Gasteiger partial charge in [0.05, 0.1) is 0 Å². The van der Waals surface area contributed by atoms with Gasteiger partial charge in [-0.2, -0.15) is 0 Å². The number of hydrogen-bond acceptors (Lipinski definition) is 3. The van der Waals surface area contributed by atoms with Crippen LogP contribution in [-0.4, -0.2) is 23.1 Å². The third-order valence-electron chi connectivity index (χ3n) is 1.83. The van der Waals surface area contributed by atoms with Crippen LogP contribution in [0.3, 0.4) is 0 Å². The summed E-state index contributed by atoms with van der Waals surface area (Å²) in [6.45, 7) is 1.73. The number of nitrogens with two attached hydrogens (primary N) is 1. The van der Waals surface area contributed by atoms with E-state index in [1.807, 2.05) is 0 Å². The van der Waals surface area contributed by atoms with Crippen molar-refractivity contribution in [2.45, 2.75) is 6.92 Å². The number of hydrogen-bond donors (Lipinski definition) is 3. The first kappa shape index (κ1) is 9.76. The van der Waals surface area contributed by atoms with Gasteiger partial charge in [0.1, 0.15) is 0 Å². The SMILES string of the molecule is Cc1ccc(B(O)O)cc1C(N)=O. The van der Waals surface area contributed by atoms with Crippen molar-refractivity contribution in [3.8, 4) is 0 Å². The van der Waals surface area contributed by atoms with Gasteiger partial charge >= 0.3 is 7.12 Å². The molecule has 0 aliphatic rings. The van der Waals surface area contributed by atoms with Crippen LogP contribution in [0.2, 0.25) is 0 Å². The summed E-state index contributed by atoms with van der Waals surface area (Å²) in [5.41, 5.74) is 6.37. The maximum atomic E-state index is 10.9. The number of amides is 1. The fourth-order valence-electron chi connectivity index (χ4n) is 1.07. The number of carbonyl (C=O) groups is 1. The molecule has 5 heteroatoms. The normalized spacial score (nSPS) is 9.77. The van der Waals surface area contributed by atoms with Crippen LogP contribution in [-0.2, 0) is 0 Å². The van der Waals surface area contributed by atoms with Crippen molar-refractivity contribution in [1.29, 1.82) is 0 Å². The lowest BCUT2D eigenvalue weighted by Crippen LogP contribution is -2.31. The first-order valence-electron chi connectivity index (χ1n) is 3.79. The lowest BCUT2D eigenvalue weighted by atomic mass is 9.79. The van der Waals surface area contributed by atoms with Crippen molar-refractivity contribution < 1.29 is 14.8 Å². The van der Waals surface area contributed by atoms with Crippen molar-refractivity contribution in [3.63, 3.8) is 0 Å². The highest BCUT2D eigenvalue weighted by Gasteiger charge is 2.13. The minimum atomic E-state index is -1.57. The summed E-state index contributed by atoms with van der Waals surface area (Å²) < 4.78 is 0. The number of aryl methyl sites for hydroxylation is 1. The van der Waals surface area contributed by atoms with Gasteiger partial charge in [-0.25, -0.2) is 0 Å². The number of carbonyl (C=O) groups excluding carboxylic acids is 1. The number of rotatable bonds is 2. The van der Waals surface area contributed by atoms with E-state index in [0.717, 1.165) is 5.56 Å². The zero-order chi connectivity index (χ0) is 10.0. The summed E-state index contributed by atoms with van der Waals surface area (Å²) >= 11 is 0. The van der Waals surface area contributed by atoms with Gasteiger partial charge in [-0.1, -0.05) is 12.1 Å². The highest BCUT2D eigenvalue weighted by molar-refractivity contribution is 6.58. The van der Waals surface area contributed by atoms with Gasteiger partial charge in [0, 0.05) is 5.56 Å². The number of benzene rings is 1. The molecule has 0 saturated heterocycles. The van der Waals surface area contributed by atoms with Gasteiger partial charge in [-0.15, -0.1) is 0 Å². The molecule has 0 saturated carbocycles. The molecule has 68 valence electrons. The average molecular weight is 179 g/mol. The van der Waals surface area contributed by atoms with E-state index in [0.29, 0.717) is 5.56 Å². The van der Waals surface area contributed by atoms with Crippen molar-refractivity contribution in [2.75, 3.05) is 0 Å². The highest BCUT2D eigenvalue weighted by Crippen LogP contribution is 2.04. The first-order valence-corrected chi connectivity index (χ1v) is 3.79. The molecule has 1 aromatic rings. The van der Waals surface area contributed by atoms with Gasteiger partial charge in [-0.3, -0.25) is 4.79 Å². The Morgan fingerprint density at radius 1 is 1.46 bits per heavy atom. The molecule has 0 aromatic heterocycles. The smallest absolute Gasteiger partial charge is 0.423 e. The molecule has 0 bridgehead atoms. The molecule has 1 amide bonds. The van der Waals surface area contributed by atoms with Crippen LogP contribution < -0.4 is 11.2 Å². The van der Waals surface area contributed by atoms with Crippen LogP contribution in [0.4, 0.5) is 0 Å². The van der Waals surface area contributed by atoms with Crippen molar-refractivity contribution in [3.05, 3.63) is 29.3 Å². The van der Waals surface area contributed by atoms with E-state index >= 15 is 0 Å². The zero-order valence-corrected chi connectivity index (χ0v) is 7.19. The predicted molar refractivity (Wildman–Crippen MR) is 49.5 cm³/mol. The summed E-state index contributed by atoms with van der Waals surface area (Å²) in [5, 5.41) is 17.6. The molecule has 0 aliphatic heterocycles. The molecule has 0 unspecified atom stereocenters. The monoisotopic (exact) mass is 179 g/mol. The average Bonchev–Trinajstić information content (AvgIpc) is 2.04. The minimum Gasteiger partial charge on any atom is -0.423 e. The summed E-state index contributed by atoms with van der Waals surface area (Å²) in [4.78, 5) is 10.9. The second kappa shape index (κ2) is 3.59. The Labute approximate surface area is 76.1 Å². The van der Waals surface area contributed by atoms with Gasteiger partial charge in [0.15, 0.2) is 0 Å². The molecule has 0 atom stereocenters. The molecular weight excluding hydrogens is 169 g/mol. The molecule has 1 rings (SSSR count). The third-order valence-corrected chi connectivity index (χ3v) is 1.83. The molecule has 13 heavy (non-hydrogen) atoms. The Morgan fingerprint density at radius 3 is 2.54 bits per heavy atom. The summed E-state index contributed by atoms with van der Waals surface area (Å²) in [5.74, 6) is -0.569. The Kier molecular flexibility index (Phi) is 2.70. The van der Waals surface area contributed by atoms with E-state index in [9.17, 15) is 4.79 Å². The zero-order valence-electron chi connectivity index (χ0n) is 7.19. The molecule has 0 fully saturated rings. The van der Waals surface area contributed by atoms with Crippen LogP contribution in [0.15, 0.2) is 18.2 Å². The fourth-order valence-corrected chi connectivity index (χ4v) is 1.07. The molecule has 0 heterocycles. The van der Waals surface area contributed by atoms with Gasteiger partial charge in [0.2, 0.25) is 5.91 Å². The Balaban J connectivity index is 3.19. The van der Waals surface area contributed by atoms with Crippen LogP contribution in [0.25, 0.3) is 0 Å². The van der Waals surface area contributed by atoms with Gasteiger partial charge in [0.25, 0.3) is 0 Å². The van der Waals surface area contributed by atoms with Crippen molar-refractivity contribution >= 4 is 18.5 Å². The van der Waals surface area contributed by atoms with E-state index in [2.05, 4.69) is 0 Å². The molecule has 0 aliphatic carbocycles. The Morgan fingerprint density at radius 2 is 2.08 bits per heavy atom. The quantitative estimate of drug-likeness (QED) is 0.497. The summed E-state index contributed by atoms with van der Waals surface area (Å²) in [6, 6.07) is 4.53. The molecule has 4 nitrogen and oxygen atoms in total. The second-order valence-corrected chi connectivity index (χ2v) is 2.81. The largest absolute Gasteiger partial charge is 0.488 e. The Bertz CT molecular complexity index is 338. The molecule has 1 aromatic carbocycles. The van der Waals surface area contributed by atoms with Crippen molar-refractivity contribution in [2.24, 2.45) is 5.73 Å². The molecular formula is C8H10BNO3. The standard InChI is InChI=1S/C8H10BNO3/c1-5-2-3-6(9(12)13)4-7(5)8(10)11/h2-4,12-13H,1H3,(H2,10,11). The third kappa shape index (κ3) is 2.08. The van der Waals surface area contributed by atoms with Crippen molar-refractivity contribution in [1.82, 2.24) is 0 Å². The first-order chi connectivity index (χ1) is 6.02. The minimum absolute atomic E-state index is 0.263. The topological polar surface area (TPSA) is 83.6 Å². The summed E-state index contributed by atoms with van der Waals surface area (Å²) in [6.07, 6.45) is 0. The van der Waals surface area contributed by atoms with Gasteiger partial charge < -0.3 is 15.8 Å². The van der Waals surface area contributed by atoms with E-state index < -0.39 is 13.0 Å². The number of primary amides is 1. The molecule has 4 N–H and O–H groups in total. The predicted octanol–water partition coefficient (Wildman–Crippen LogP) is -1.23. The Hall–Kier alpha value is -1.33. The van der Waals surface area contributed by atoms with Gasteiger partial charge in [-0.05, 0) is 24.0 Å². The van der Waals surface area contributed by atoms with E-state index in [-0.39, 0.29) is 5.46 Å². The van der Waals surface area contributed by atoms with Crippen LogP contribution in [0, 0.1) is 6.92 Å². The van der Waals surface area contributed by atoms with Crippen LogP contribution in [0.1, 0.15) is 15.9 Å². The maximum Gasteiger partial charge on any atom is 0.488 e. The van der Waals surface area contributed by atoms with Crippen LogP contribution in [0.5, 0.6) is 0 Å². The second-order valence-electron chi connectivity index (χ2n) is 2.81. The lowest BCUT2D eigenvalue weighted by Gasteiger charge is -2.04. The lowest BCUT2D eigenvalue weighted by molar-refractivity contribution is 0.1000. The van der Waals surface area contributed by atoms with E-state index in [1.165, 1.54) is 12.1 Å². The summed E-state index contributed by atoms with van der Waals surface area (Å²) in [7, 11) is -1.57. The fraction of sp³-hybridized carbons (Fsp3) is 0.125. The van der Waals surface area contributed by atoms with Crippen LogP contribution >= 0.6 is 0 Å². The van der Waals surface area contributed by atoms with E-state index in [4.69, 9.17) is 15.8 Å². The molecule has 0 spiro atoms. The molecule has 0 radical (unpaired) electrons. The maximum absolute atomic E-state index is 10.9.